The summed E-state index contributed by atoms with van der Waals surface area (Å²) >= 11 is 1.46. The smallest absolute Gasteiger partial charge is 0.325 e. The highest BCUT2D eigenvalue weighted by atomic mass is 32.2. The molecular formula is C13H14N4O2S. The fourth-order valence-electron chi connectivity index (χ4n) is 2.39. The van der Waals surface area contributed by atoms with Gasteiger partial charge in [0.05, 0.1) is 0 Å². The van der Waals surface area contributed by atoms with E-state index in [1.807, 2.05) is 0 Å². The number of thioether (sulfide) groups is 1. The van der Waals surface area contributed by atoms with Crippen molar-refractivity contribution in [3.63, 3.8) is 0 Å². The second kappa shape index (κ2) is 5.62. The first-order valence-corrected chi connectivity index (χ1v) is 7.42. The number of fused-ring (bicyclic) bond motifs is 1. The number of hydrogen-bond donors (Lipinski definition) is 1. The van der Waals surface area contributed by atoms with E-state index in [-0.39, 0.29) is 6.54 Å². The lowest BCUT2D eigenvalue weighted by Gasteiger charge is -2.05. The summed E-state index contributed by atoms with van der Waals surface area (Å²) in [6.07, 6.45) is 3.58. The van der Waals surface area contributed by atoms with Crippen molar-refractivity contribution >= 4 is 17.7 Å². The molecular weight excluding hydrogens is 276 g/mol. The van der Waals surface area contributed by atoms with Gasteiger partial charge < -0.3 is 5.11 Å². The summed E-state index contributed by atoms with van der Waals surface area (Å²) in [4.78, 5) is 10.7. The molecule has 0 atom stereocenters. The maximum Gasteiger partial charge on any atom is 0.325 e. The van der Waals surface area contributed by atoms with Gasteiger partial charge in [-0.25, -0.2) is 4.68 Å². The molecule has 1 aromatic carbocycles. The first kappa shape index (κ1) is 13.1. The van der Waals surface area contributed by atoms with E-state index in [9.17, 15) is 4.79 Å². The minimum atomic E-state index is -0.948. The number of benzene rings is 1. The van der Waals surface area contributed by atoms with E-state index in [0.717, 1.165) is 12.2 Å². The Bertz CT molecular complexity index is 641. The Hall–Kier alpha value is -1.89. The first-order chi connectivity index (χ1) is 9.72. The molecule has 1 heterocycles. The normalized spacial score (nSPS) is 13.4. The van der Waals surface area contributed by atoms with Crippen LogP contribution in [-0.2, 0) is 29.9 Å². The molecule has 0 aliphatic heterocycles. The van der Waals surface area contributed by atoms with Crippen molar-refractivity contribution in [2.24, 2.45) is 0 Å². The minimum Gasteiger partial charge on any atom is -0.480 e. The monoisotopic (exact) mass is 290 g/mol. The SMILES string of the molecule is O=C(O)Cn1nnnc1SCc1ccc2c(c1)CCC2. The maximum atomic E-state index is 10.7. The van der Waals surface area contributed by atoms with Gasteiger partial charge in [-0.3, -0.25) is 4.79 Å². The Morgan fingerprint density at radius 3 is 3.05 bits per heavy atom. The Balaban J connectivity index is 1.67. The molecule has 0 radical (unpaired) electrons. The molecule has 104 valence electrons. The third kappa shape index (κ3) is 2.82. The zero-order valence-electron chi connectivity index (χ0n) is 10.8. The van der Waals surface area contributed by atoms with Crippen molar-refractivity contribution in [1.82, 2.24) is 20.2 Å². The van der Waals surface area contributed by atoms with Crippen LogP contribution in [0.25, 0.3) is 0 Å². The molecule has 2 aromatic rings. The average molecular weight is 290 g/mol. The summed E-state index contributed by atoms with van der Waals surface area (Å²) in [5.74, 6) is -0.204. The van der Waals surface area contributed by atoms with Crippen molar-refractivity contribution < 1.29 is 9.90 Å². The van der Waals surface area contributed by atoms with Crippen LogP contribution in [0.1, 0.15) is 23.1 Å². The molecule has 1 N–H and O–H groups in total. The number of carboxylic acids is 1. The van der Waals surface area contributed by atoms with Gasteiger partial charge in [-0.1, -0.05) is 30.0 Å². The summed E-state index contributed by atoms with van der Waals surface area (Å²) in [5.41, 5.74) is 4.11. The Morgan fingerprint density at radius 2 is 2.20 bits per heavy atom. The summed E-state index contributed by atoms with van der Waals surface area (Å²) in [5, 5.41) is 20.4. The van der Waals surface area contributed by atoms with Gasteiger partial charge in [0.2, 0.25) is 5.16 Å². The largest absolute Gasteiger partial charge is 0.480 e. The predicted molar refractivity (Wildman–Crippen MR) is 73.5 cm³/mol. The Morgan fingerprint density at radius 1 is 1.35 bits per heavy atom. The van der Waals surface area contributed by atoms with Gasteiger partial charge in [0.1, 0.15) is 6.54 Å². The number of aromatic nitrogens is 4. The van der Waals surface area contributed by atoms with Crippen LogP contribution < -0.4 is 0 Å². The highest BCUT2D eigenvalue weighted by Gasteiger charge is 2.13. The molecule has 3 rings (SSSR count). The van der Waals surface area contributed by atoms with E-state index in [1.54, 1.807) is 0 Å². The van der Waals surface area contributed by atoms with Crippen LogP contribution in [0.4, 0.5) is 0 Å². The van der Waals surface area contributed by atoms with E-state index in [1.165, 1.54) is 46.0 Å². The van der Waals surface area contributed by atoms with Crippen molar-refractivity contribution in [1.29, 1.82) is 0 Å². The summed E-state index contributed by atoms with van der Waals surface area (Å²) < 4.78 is 1.31. The lowest BCUT2D eigenvalue weighted by Crippen LogP contribution is -2.11. The number of carboxylic acid groups (broad SMARTS) is 1. The lowest BCUT2D eigenvalue weighted by atomic mass is 10.1. The van der Waals surface area contributed by atoms with Crippen LogP contribution in [0.2, 0.25) is 0 Å². The standard InChI is InChI=1S/C13H14N4O2S/c18-12(19)7-17-13(14-15-16-17)20-8-9-4-5-10-2-1-3-11(10)6-9/h4-6H,1-3,7-8H2,(H,18,19). The topological polar surface area (TPSA) is 80.9 Å². The number of tetrazole rings is 1. The first-order valence-electron chi connectivity index (χ1n) is 6.44. The van der Waals surface area contributed by atoms with Crippen LogP contribution in [0, 0.1) is 0 Å². The zero-order chi connectivity index (χ0) is 13.9. The van der Waals surface area contributed by atoms with E-state index in [4.69, 9.17) is 5.11 Å². The molecule has 0 unspecified atom stereocenters. The fraction of sp³-hybridized carbons (Fsp3) is 0.385. The Labute approximate surface area is 120 Å². The van der Waals surface area contributed by atoms with Gasteiger partial charge >= 0.3 is 5.97 Å². The molecule has 20 heavy (non-hydrogen) atoms. The molecule has 0 bridgehead atoms. The zero-order valence-corrected chi connectivity index (χ0v) is 11.6. The second-order valence-corrected chi connectivity index (χ2v) is 5.70. The van der Waals surface area contributed by atoms with Crippen LogP contribution >= 0.6 is 11.8 Å². The lowest BCUT2D eigenvalue weighted by molar-refractivity contribution is -0.138. The summed E-state index contributed by atoms with van der Waals surface area (Å²) in [7, 11) is 0. The Kier molecular flexibility index (Phi) is 3.68. The number of nitrogens with zero attached hydrogens (tertiary/aromatic N) is 4. The van der Waals surface area contributed by atoms with E-state index >= 15 is 0 Å². The number of aryl methyl sites for hydroxylation is 2. The summed E-state index contributed by atoms with van der Waals surface area (Å²) in [6.45, 7) is -0.209. The van der Waals surface area contributed by atoms with Crippen LogP contribution in [0.5, 0.6) is 0 Å². The van der Waals surface area contributed by atoms with Crippen molar-refractivity contribution in [2.75, 3.05) is 0 Å². The number of rotatable bonds is 5. The molecule has 0 spiro atoms. The van der Waals surface area contributed by atoms with E-state index in [2.05, 4.69) is 33.7 Å². The fourth-order valence-corrected chi connectivity index (χ4v) is 3.21. The molecule has 1 aromatic heterocycles. The van der Waals surface area contributed by atoms with Crippen LogP contribution in [-0.4, -0.2) is 31.3 Å². The van der Waals surface area contributed by atoms with Gasteiger partial charge in [-0.15, -0.1) is 5.10 Å². The molecule has 6 nitrogen and oxygen atoms in total. The molecule has 1 aliphatic carbocycles. The number of aliphatic carboxylic acids is 1. The molecule has 7 heteroatoms. The molecule has 0 saturated heterocycles. The van der Waals surface area contributed by atoms with Gasteiger partial charge in [0.15, 0.2) is 0 Å². The number of hydrogen-bond acceptors (Lipinski definition) is 5. The number of carbonyl (C=O) groups is 1. The molecule has 1 aliphatic rings. The maximum absolute atomic E-state index is 10.7. The van der Waals surface area contributed by atoms with Crippen LogP contribution in [0.3, 0.4) is 0 Å². The summed E-state index contributed by atoms with van der Waals surface area (Å²) in [6, 6.07) is 6.56. The predicted octanol–water partition coefficient (Wildman–Crippen LogP) is 1.54. The molecule has 0 fully saturated rings. The minimum absolute atomic E-state index is 0.209. The third-order valence-corrected chi connectivity index (χ3v) is 4.34. The average Bonchev–Trinajstić information content (AvgIpc) is 3.03. The molecule has 0 saturated carbocycles. The van der Waals surface area contributed by atoms with Crippen molar-refractivity contribution in [3.8, 4) is 0 Å². The van der Waals surface area contributed by atoms with E-state index < -0.39 is 5.97 Å². The molecule has 0 amide bonds. The second-order valence-electron chi connectivity index (χ2n) is 4.76. The van der Waals surface area contributed by atoms with E-state index in [0.29, 0.717) is 5.16 Å². The third-order valence-electron chi connectivity index (χ3n) is 3.31. The highest BCUT2D eigenvalue weighted by molar-refractivity contribution is 7.98. The van der Waals surface area contributed by atoms with Crippen LogP contribution in [0.15, 0.2) is 23.4 Å². The van der Waals surface area contributed by atoms with Gasteiger partial charge in [0.25, 0.3) is 0 Å². The van der Waals surface area contributed by atoms with Gasteiger partial charge in [-0.05, 0) is 46.4 Å². The highest BCUT2D eigenvalue weighted by Crippen LogP contribution is 2.26. The van der Waals surface area contributed by atoms with Gasteiger partial charge in [0, 0.05) is 5.75 Å². The quantitative estimate of drug-likeness (QED) is 0.841. The van der Waals surface area contributed by atoms with Crippen molar-refractivity contribution in [2.45, 2.75) is 36.7 Å². The van der Waals surface area contributed by atoms with Gasteiger partial charge in [-0.2, -0.15) is 0 Å². The van der Waals surface area contributed by atoms with Crippen molar-refractivity contribution in [3.05, 3.63) is 34.9 Å².